The highest BCUT2D eigenvalue weighted by molar-refractivity contribution is 5.99. The van der Waals surface area contributed by atoms with Gasteiger partial charge in [0.15, 0.2) is 5.78 Å². The summed E-state index contributed by atoms with van der Waals surface area (Å²) in [6.07, 6.45) is -2.94. The molecule has 0 heterocycles. The van der Waals surface area contributed by atoms with Crippen molar-refractivity contribution in [2.45, 2.75) is 33.6 Å². The van der Waals surface area contributed by atoms with Gasteiger partial charge in [0.05, 0.1) is 5.69 Å². The van der Waals surface area contributed by atoms with Crippen LogP contribution in [0.25, 0.3) is 0 Å². The largest absolute Gasteiger partial charge is 0.573 e. The van der Waals surface area contributed by atoms with Gasteiger partial charge in [-0.2, -0.15) is 0 Å². The van der Waals surface area contributed by atoms with Crippen LogP contribution in [0.15, 0.2) is 41.4 Å². The number of carbonyl (C=O) groups excluding carboxylic acids is 1. The van der Waals surface area contributed by atoms with Crippen LogP contribution in [-0.4, -0.2) is 18.4 Å². The first-order valence-corrected chi connectivity index (χ1v) is 7.67. The van der Waals surface area contributed by atoms with Crippen LogP contribution in [0.3, 0.4) is 0 Å². The molecule has 0 aromatic heterocycles. The summed E-state index contributed by atoms with van der Waals surface area (Å²) < 4.78 is 40.3. The number of hydrogen-bond donors (Lipinski definition) is 0. The Hall–Kier alpha value is -2.63. The van der Waals surface area contributed by atoms with E-state index in [9.17, 15) is 18.0 Å². The normalized spacial score (nSPS) is 11.8. The number of hydrogen-bond acceptors (Lipinski definition) is 3. The molecule has 0 fully saturated rings. The van der Waals surface area contributed by atoms with Gasteiger partial charge in [-0.25, -0.2) is 0 Å². The molecular formula is C19H18F3NO2. The lowest BCUT2D eigenvalue weighted by Crippen LogP contribution is -2.17. The Balaban J connectivity index is 2.16. The highest BCUT2D eigenvalue weighted by Crippen LogP contribution is 2.25. The third kappa shape index (κ3) is 5.17. The number of benzene rings is 2. The van der Waals surface area contributed by atoms with Crippen molar-refractivity contribution >= 4 is 17.7 Å². The molecule has 6 heteroatoms. The smallest absolute Gasteiger partial charge is 0.406 e. The SMILES string of the molecule is C/C=N/c1cc(C)c(C(=O)Cc2ccc(OC(F)(F)F)cc2)cc1C. The Bertz CT molecular complexity index is 794. The van der Waals surface area contributed by atoms with Crippen molar-refractivity contribution in [3.63, 3.8) is 0 Å². The highest BCUT2D eigenvalue weighted by Gasteiger charge is 2.30. The average molecular weight is 349 g/mol. The summed E-state index contributed by atoms with van der Waals surface area (Å²) in [7, 11) is 0. The average Bonchev–Trinajstić information content (AvgIpc) is 2.51. The fraction of sp³-hybridized carbons (Fsp3) is 0.263. The van der Waals surface area contributed by atoms with Gasteiger partial charge in [-0.15, -0.1) is 13.2 Å². The molecule has 2 aromatic carbocycles. The second-order valence-corrected chi connectivity index (χ2v) is 5.63. The molecule has 0 amide bonds. The molecule has 25 heavy (non-hydrogen) atoms. The van der Waals surface area contributed by atoms with Crippen LogP contribution in [0.4, 0.5) is 18.9 Å². The van der Waals surface area contributed by atoms with Crippen molar-refractivity contribution in [2.75, 3.05) is 0 Å². The summed E-state index contributed by atoms with van der Waals surface area (Å²) in [6.45, 7) is 5.53. The summed E-state index contributed by atoms with van der Waals surface area (Å²) in [5.41, 5.74) is 3.72. The molecule has 0 unspecified atom stereocenters. The number of alkyl halides is 3. The molecule has 0 radical (unpaired) electrons. The lowest BCUT2D eigenvalue weighted by Gasteiger charge is -2.11. The van der Waals surface area contributed by atoms with E-state index in [0.717, 1.165) is 16.8 Å². The minimum Gasteiger partial charge on any atom is -0.406 e. The first kappa shape index (κ1) is 18.7. The fourth-order valence-corrected chi connectivity index (χ4v) is 2.47. The number of halogens is 3. The van der Waals surface area contributed by atoms with Gasteiger partial charge >= 0.3 is 6.36 Å². The minimum absolute atomic E-state index is 0.0999. The molecule has 0 aliphatic carbocycles. The summed E-state index contributed by atoms with van der Waals surface area (Å²) in [5.74, 6) is -0.408. The van der Waals surface area contributed by atoms with E-state index in [1.807, 2.05) is 26.8 Å². The third-order valence-electron chi connectivity index (χ3n) is 3.63. The topological polar surface area (TPSA) is 38.7 Å². The van der Waals surface area contributed by atoms with E-state index in [2.05, 4.69) is 9.73 Å². The van der Waals surface area contributed by atoms with Gasteiger partial charge in [0, 0.05) is 18.2 Å². The van der Waals surface area contributed by atoms with Crippen molar-refractivity contribution in [1.29, 1.82) is 0 Å². The number of ketones is 1. The van der Waals surface area contributed by atoms with E-state index in [4.69, 9.17) is 0 Å². The maximum Gasteiger partial charge on any atom is 0.573 e. The van der Waals surface area contributed by atoms with Crippen molar-refractivity contribution in [2.24, 2.45) is 4.99 Å². The maximum absolute atomic E-state index is 12.5. The first-order valence-electron chi connectivity index (χ1n) is 7.67. The van der Waals surface area contributed by atoms with Gasteiger partial charge < -0.3 is 4.74 Å². The van der Waals surface area contributed by atoms with Gasteiger partial charge in [0.2, 0.25) is 0 Å². The quantitative estimate of drug-likeness (QED) is 0.539. The molecule has 3 nitrogen and oxygen atoms in total. The molecular weight excluding hydrogens is 331 g/mol. The Kier molecular flexibility index (Phi) is 5.62. The Morgan fingerprint density at radius 2 is 1.76 bits per heavy atom. The number of carbonyl (C=O) groups is 1. The Morgan fingerprint density at radius 3 is 2.32 bits per heavy atom. The molecule has 0 spiro atoms. The van der Waals surface area contributed by atoms with Crippen LogP contribution in [-0.2, 0) is 6.42 Å². The Labute approximate surface area is 144 Å². The number of aliphatic imine (C=N–C) groups is 1. The minimum atomic E-state index is -4.73. The summed E-state index contributed by atoms with van der Waals surface area (Å²) in [6, 6.07) is 8.96. The molecule has 0 bridgehead atoms. The van der Waals surface area contributed by atoms with Crippen molar-refractivity contribution < 1.29 is 22.7 Å². The van der Waals surface area contributed by atoms with Crippen LogP contribution in [0, 0.1) is 13.8 Å². The molecule has 2 aromatic rings. The van der Waals surface area contributed by atoms with Crippen LogP contribution in [0.2, 0.25) is 0 Å². The van der Waals surface area contributed by atoms with E-state index < -0.39 is 6.36 Å². The second-order valence-electron chi connectivity index (χ2n) is 5.63. The lowest BCUT2D eigenvalue weighted by molar-refractivity contribution is -0.274. The zero-order chi connectivity index (χ0) is 18.6. The number of ether oxygens (including phenoxy) is 1. The van der Waals surface area contributed by atoms with E-state index in [0.29, 0.717) is 11.1 Å². The number of nitrogens with zero attached hydrogens (tertiary/aromatic N) is 1. The molecule has 2 rings (SSSR count). The van der Waals surface area contributed by atoms with Crippen LogP contribution in [0.5, 0.6) is 5.75 Å². The van der Waals surface area contributed by atoms with Gasteiger partial charge in [-0.1, -0.05) is 12.1 Å². The van der Waals surface area contributed by atoms with E-state index in [1.54, 1.807) is 12.3 Å². The first-order chi connectivity index (χ1) is 11.7. The van der Waals surface area contributed by atoms with E-state index >= 15 is 0 Å². The second kappa shape index (κ2) is 7.51. The van der Waals surface area contributed by atoms with Crippen LogP contribution in [0.1, 0.15) is 34.0 Å². The van der Waals surface area contributed by atoms with Crippen LogP contribution >= 0.6 is 0 Å². The highest BCUT2D eigenvalue weighted by atomic mass is 19.4. The van der Waals surface area contributed by atoms with Crippen molar-refractivity contribution in [3.8, 4) is 5.75 Å². The molecule has 0 saturated carbocycles. The van der Waals surface area contributed by atoms with E-state index in [1.165, 1.54) is 24.3 Å². The zero-order valence-electron chi connectivity index (χ0n) is 14.1. The van der Waals surface area contributed by atoms with E-state index in [-0.39, 0.29) is 18.0 Å². The molecule has 0 aliphatic rings. The summed E-state index contributed by atoms with van der Waals surface area (Å²) in [5, 5.41) is 0. The Morgan fingerprint density at radius 1 is 1.12 bits per heavy atom. The molecule has 132 valence electrons. The third-order valence-corrected chi connectivity index (χ3v) is 3.63. The fourth-order valence-electron chi connectivity index (χ4n) is 2.47. The van der Waals surface area contributed by atoms with Crippen molar-refractivity contribution in [1.82, 2.24) is 0 Å². The van der Waals surface area contributed by atoms with Crippen LogP contribution < -0.4 is 4.74 Å². The van der Waals surface area contributed by atoms with Gasteiger partial charge in [-0.05, 0) is 61.7 Å². The lowest BCUT2D eigenvalue weighted by atomic mass is 9.96. The van der Waals surface area contributed by atoms with Gasteiger partial charge in [0.1, 0.15) is 5.75 Å². The zero-order valence-corrected chi connectivity index (χ0v) is 14.1. The standard InChI is InChI=1S/C19H18F3NO2/c1-4-23-17-10-12(2)16(9-13(17)3)18(24)11-14-5-7-15(8-6-14)25-19(20,21)22/h4-10H,11H2,1-3H3/b23-4+. The van der Waals surface area contributed by atoms with Gasteiger partial charge in [0.25, 0.3) is 0 Å². The number of rotatable bonds is 5. The van der Waals surface area contributed by atoms with Crippen molar-refractivity contribution in [3.05, 3.63) is 58.7 Å². The monoisotopic (exact) mass is 349 g/mol. The number of aryl methyl sites for hydroxylation is 2. The predicted molar refractivity (Wildman–Crippen MR) is 90.9 cm³/mol. The molecule has 0 aliphatic heterocycles. The maximum atomic E-state index is 12.5. The molecule has 0 atom stereocenters. The summed E-state index contributed by atoms with van der Waals surface area (Å²) >= 11 is 0. The van der Waals surface area contributed by atoms with Gasteiger partial charge in [-0.3, -0.25) is 9.79 Å². The number of Topliss-reactive ketones (excluding diaryl/α,β-unsaturated/α-hetero) is 1. The summed E-state index contributed by atoms with van der Waals surface area (Å²) in [4.78, 5) is 16.8. The predicted octanol–water partition coefficient (Wildman–Crippen LogP) is 5.35. The molecule has 0 N–H and O–H groups in total. The molecule has 0 saturated heterocycles.